The van der Waals surface area contributed by atoms with Gasteiger partial charge in [-0.3, -0.25) is 4.98 Å². The SMILES string of the molecule is c1ccc(-c2c3ccccc3c(-c3ccc4nn(-c5ccc(-c6c7ccccc7c(-c7cccnc7)c7ccccc67)cc5)nc4c3)c3ccccc23)cc1. The number of hydrogen-bond donors (Lipinski definition) is 0. The van der Waals surface area contributed by atoms with E-state index in [9.17, 15) is 0 Å². The second-order valence-corrected chi connectivity index (χ2v) is 14.0. The van der Waals surface area contributed by atoms with Gasteiger partial charge in [-0.05, 0) is 112 Å². The third-order valence-electron chi connectivity index (χ3n) is 10.9. The molecule has 0 atom stereocenters. The molecule has 0 N–H and O–H groups in total. The Balaban J connectivity index is 1.02. The first kappa shape index (κ1) is 31.1. The van der Waals surface area contributed by atoms with E-state index in [4.69, 9.17) is 10.2 Å². The van der Waals surface area contributed by atoms with Crippen molar-refractivity contribution in [3.63, 3.8) is 0 Å². The smallest absolute Gasteiger partial charge is 0.114 e. The van der Waals surface area contributed by atoms with Gasteiger partial charge in [-0.2, -0.15) is 4.80 Å². The van der Waals surface area contributed by atoms with Crippen molar-refractivity contribution in [2.24, 2.45) is 0 Å². The number of benzene rings is 9. The first-order valence-corrected chi connectivity index (χ1v) is 18.6. The maximum absolute atomic E-state index is 5.04. The molecule has 11 rings (SSSR count). The Morgan fingerprint density at radius 3 is 1.20 bits per heavy atom. The molecule has 2 heterocycles. The van der Waals surface area contributed by atoms with Crippen LogP contribution in [0, 0.1) is 0 Å². The summed E-state index contributed by atoms with van der Waals surface area (Å²) in [5.41, 5.74) is 12.1. The molecule has 4 nitrogen and oxygen atoms in total. The number of nitrogens with zero attached hydrogens (tertiary/aromatic N) is 4. The highest BCUT2D eigenvalue weighted by Gasteiger charge is 2.19. The predicted molar refractivity (Wildman–Crippen MR) is 228 cm³/mol. The standard InChI is InChI=1S/C51H32N4/c1-2-13-33(14-3-1)48-38-16-4-8-20-42(38)50(43-21-9-5-17-39(43)48)35-26-29-46-47(31-35)54-55(53-46)37-27-24-34(25-28-37)49-40-18-6-10-22-44(40)51(36-15-12-30-52-32-36)45-23-11-7-19-41(45)49/h1-32H. The molecule has 2 aromatic heterocycles. The average Bonchev–Trinajstić information content (AvgIpc) is 3.69. The van der Waals surface area contributed by atoms with E-state index in [1.807, 2.05) is 18.5 Å². The van der Waals surface area contributed by atoms with Crippen LogP contribution in [-0.2, 0) is 0 Å². The van der Waals surface area contributed by atoms with Crippen LogP contribution in [0.3, 0.4) is 0 Å². The third-order valence-corrected chi connectivity index (χ3v) is 10.9. The van der Waals surface area contributed by atoms with Crippen molar-refractivity contribution in [1.82, 2.24) is 20.0 Å². The largest absolute Gasteiger partial charge is 0.264 e. The lowest BCUT2D eigenvalue weighted by molar-refractivity contribution is 0.766. The molecule has 0 radical (unpaired) electrons. The van der Waals surface area contributed by atoms with E-state index in [1.54, 1.807) is 4.80 Å². The zero-order chi connectivity index (χ0) is 36.3. The van der Waals surface area contributed by atoms with Gasteiger partial charge < -0.3 is 0 Å². The van der Waals surface area contributed by atoms with E-state index >= 15 is 0 Å². The molecule has 0 aliphatic carbocycles. The first-order chi connectivity index (χ1) is 27.3. The van der Waals surface area contributed by atoms with Crippen LogP contribution in [0.25, 0.3) is 104 Å². The Morgan fingerprint density at radius 2 is 0.709 bits per heavy atom. The minimum atomic E-state index is 0.852. The highest BCUT2D eigenvalue weighted by Crippen LogP contribution is 2.45. The molecule has 0 saturated heterocycles. The van der Waals surface area contributed by atoms with Gasteiger partial charge in [-0.1, -0.05) is 152 Å². The van der Waals surface area contributed by atoms with Gasteiger partial charge in [-0.25, -0.2) is 0 Å². The predicted octanol–water partition coefficient (Wildman–Crippen LogP) is 13.1. The van der Waals surface area contributed by atoms with Gasteiger partial charge >= 0.3 is 0 Å². The highest BCUT2D eigenvalue weighted by atomic mass is 15.5. The van der Waals surface area contributed by atoms with Crippen LogP contribution >= 0.6 is 0 Å². The third kappa shape index (κ3) is 5.03. The fraction of sp³-hybridized carbons (Fsp3) is 0. The minimum Gasteiger partial charge on any atom is -0.264 e. The summed E-state index contributed by atoms with van der Waals surface area (Å²) in [6.45, 7) is 0. The summed E-state index contributed by atoms with van der Waals surface area (Å²) in [6, 6.07) is 64.8. The Hall–Kier alpha value is -7.43. The average molecular weight is 701 g/mol. The molecule has 9 aromatic carbocycles. The van der Waals surface area contributed by atoms with Gasteiger partial charge in [0.05, 0.1) is 5.69 Å². The Bertz CT molecular complexity index is 3120. The Kier molecular flexibility index (Phi) is 7.14. The van der Waals surface area contributed by atoms with Crippen molar-refractivity contribution < 1.29 is 0 Å². The summed E-state index contributed by atoms with van der Waals surface area (Å²) in [5, 5.41) is 19.7. The van der Waals surface area contributed by atoms with Crippen LogP contribution < -0.4 is 0 Å². The molecule has 0 amide bonds. The van der Waals surface area contributed by atoms with Crippen molar-refractivity contribution in [3.05, 3.63) is 194 Å². The monoisotopic (exact) mass is 700 g/mol. The number of rotatable bonds is 5. The van der Waals surface area contributed by atoms with Crippen LogP contribution in [-0.4, -0.2) is 20.0 Å². The maximum atomic E-state index is 5.04. The summed E-state index contributed by atoms with van der Waals surface area (Å²) >= 11 is 0. The molecule has 0 spiro atoms. The molecule has 0 aliphatic heterocycles. The lowest BCUT2D eigenvalue weighted by atomic mass is 9.86. The topological polar surface area (TPSA) is 43.6 Å². The molecule has 256 valence electrons. The second kappa shape index (κ2) is 12.6. The summed E-state index contributed by atoms with van der Waals surface area (Å²) in [5.74, 6) is 0. The summed E-state index contributed by atoms with van der Waals surface area (Å²) in [7, 11) is 0. The summed E-state index contributed by atoms with van der Waals surface area (Å²) in [4.78, 5) is 6.21. The van der Waals surface area contributed by atoms with Gasteiger partial charge in [0, 0.05) is 18.0 Å². The van der Waals surface area contributed by atoms with E-state index in [1.165, 1.54) is 70.9 Å². The Morgan fingerprint density at radius 1 is 0.309 bits per heavy atom. The minimum absolute atomic E-state index is 0.852. The van der Waals surface area contributed by atoms with E-state index in [-0.39, 0.29) is 0 Å². The molecule has 0 unspecified atom stereocenters. The van der Waals surface area contributed by atoms with Gasteiger partial charge in [0.1, 0.15) is 11.0 Å². The molecule has 4 heteroatoms. The van der Waals surface area contributed by atoms with Crippen LogP contribution in [0.5, 0.6) is 0 Å². The highest BCUT2D eigenvalue weighted by molar-refractivity contribution is 6.22. The fourth-order valence-corrected chi connectivity index (χ4v) is 8.56. The van der Waals surface area contributed by atoms with Crippen molar-refractivity contribution >= 4 is 54.1 Å². The van der Waals surface area contributed by atoms with Gasteiger partial charge in [0.25, 0.3) is 0 Å². The molecule has 0 saturated carbocycles. The van der Waals surface area contributed by atoms with Gasteiger partial charge in [-0.15, -0.1) is 10.2 Å². The number of hydrogen-bond acceptors (Lipinski definition) is 3. The lowest BCUT2D eigenvalue weighted by Crippen LogP contribution is -1.98. The Labute approximate surface area is 317 Å². The van der Waals surface area contributed by atoms with Crippen LogP contribution in [0.2, 0.25) is 0 Å². The summed E-state index contributed by atoms with van der Waals surface area (Å²) < 4.78 is 0. The maximum Gasteiger partial charge on any atom is 0.114 e. The van der Waals surface area contributed by atoms with E-state index < -0.39 is 0 Å². The molecule has 0 aliphatic rings. The van der Waals surface area contributed by atoms with Crippen LogP contribution in [0.1, 0.15) is 0 Å². The van der Waals surface area contributed by atoms with Crippen LogP contribution in [0.4, 0.5) is 0 Å². The second-order valence-electron chi connectivity index (χ2n) is 14.0. The zero-order valence-corrected chi connectivity index (χ0v) is 29.8. The van der Waals surface area contributed by atoms with Crippen molar-refractivity contribution in [3.8, 4) is 50.2 Å². The van der Waals surface area contributed by atoms with Gasteiger partial charge in [0.15, 0.2) is 0 Å². The number of fused-ring (bicyclic) bond motifs is 5. The van der Waals surface area contributed by atoms with Gasteiger partial charge in [0.2, 0.25) is 0 Å². The quantitative estimate of drug-likeness (QED) is 0.168. The molecule has 55 heavy (non-hydrogen) atoms. The molecule has 0 bridgehead atoms. The molecular formula is C51H32N4. The summed E-state index contributed by atoms with van der Waals surface area (Å²) in [6.07, 6.45) is 3.78. The van der Waals surface area contributed by atoms with E-state index in [2.05, 4.69) is 181 Å². The van der Waals surface area contributed by atoms with Crippen molar-refractivity contribution in [2.45, 2.75) is 0 Å². The van der Waals surface area contributed by atoms with E-state index in [0.717, 1.165) is 33.4 Å². The zero-order valence-electron chi connectivity index (χ0n) is 29.8. The lowest BCUT2D eigenvalue weighted by Gasteiger charge is -2.17. The van der Waals surface area contributed by atoms with E-state index in [0.29, 0.717) is 0 Å². The number of pyridine rings is 1. The molecule has 11 aromatic rings. The molecular weight excluding hydrogens is 669 g/mol. The van der Waals surface area contributed by atoms with Crippen molar-refractivity contribution in [2.75, 3.05) is 0 Å². The normalized spacial score (nSPS) is 11.6. The van der Waals surface area contributed by atoms with Crippen molar-refractivity contribution in [1.29, 1.82) is 0 Å². The number of aromatic nitrogens is 4. The van der Waals surface area contributed by atoms with Crippen LogP contribution in [0.15, 0.2) is 194 Å². The molecule has 0 fully saturated rings. The first-order valence-electron chi connectivity index (χ1n) is 18.6. The fourth-order valence-electron chi connectivity index (χ4n) is 8.56.